The molecule has 4 unspecified atom stereocenters. The van der Waals surface area contributed by atoms with E-state index in [-0.39, 0.29) is 32.7 Å². The topological polar surface area (TPSA) is 0 Å². The Bertz CT molecular complexity index is 897. The fraction of sp³-hybridized carbons (Fsp3) is 0.385. The maximum absolute atomic E-state index is 2.63. The second-order valence-electron chi connectivity index (χ2n) is 8.19. The Morgan fingerprint density at radius 2 is 1.40 bits per heavy atom. The molecule has 0 fully saturated rings. The van der Waals surface area contributed by atoms with Crippen molar-refractivity contribution in [2.45, 2.75) is 59.2 Å². The van der Waals surface area contributed by atoms with Crippen LogP contribution in [0.15, 0.2) is 59.9 Å². The van der Waals surface area contributed by atoms with Gasteiger partial charge in [0.15, 0.2) is 0 Å². The van der Waals surface area contributed by atoms with Crippen LogP contribution in [0.2, 0.25) is 0 Å². The fourth-order valence-electron chi connectivity index (χ4n) is 4.62. The summed E-state index contributed by atoms with van der Waals surface area (Å²) < 4.78 is 1.51. The van der Waals surface area contributed by atoms with Crippen molar-refractivity contribution in [1.82, 2.24) is 0 Å². The maximum atomic E-state index is 2.63. The molecule has 0 N–H and O–H groups in total. The van der Waals surface area contributed by atoms with E-state index in [1.54, 1.807) is 11.1 Å². The Labute approximate surface area is 207 Å². The molecule has 4 rings (SSSR count). The van der Waals surface area contributed by atoms with Crippen molar-refractivity contribution in [3.8, 4) is 0 Å². The molecule has 0 radical (unpaired) electrons. The molecular formula is C26H31Cl2HfP. The van der Waals surface area contributed by atoms with Crippen molar-refractivity contribution in [3.63, 3.8) is 0 Å². The summed E-state index contributed by atoms with van der Waals surface area (Å²) in [6.07, 6.45) is 10.1. The van der Waals surface area contributed by atoms with Gasteiger partial charge in [0.1, 0.15) is 0 Å². The summed E-state index contributed by atoms with van der Waals surface area (Å²) in [4.78, 5) is 0. The third-order valence-electron chi connectivity index (χ3n) is 6.48. The molecule has 4 atom stereocenters. The first-order valence-corrected chi connectivity index (χ1v) is 16.4. The van der Waals surface area contributed by atoms with Crippen molar-refractivity contribution in [2.24, 2.45) is 0 Å². The molecule has 0 aromatic heterocycles. The van der Waals surface area contributed by atoms with Gasteiger partial charge in [-0.2, -0.15) is 0 Å². The quantitative estimate of drug-likeness (QED) is 0.327. The molecule has 158 valence electrons. The first-order chi connectivity index (χ1) is 13.6. The molecule has 0 bridgehead atoms. The minimum atomic E-state index is -0.990. The Morgan fingerprint density at radius 1 is 0.833 bits per heavy atom. The van der Waals surface area contributed by atoms with Gasteiger partial charge in [0.2, 0.25) is 0 Å². The molecule has 0 amide bonds. The summed E-state index contributed by atoms with van der Waals surface area (Å²) in [6, 6.07) is 18.4. The minimum absolute atomic E-state index is 0. The molecule has 2 aliphatic carbocycles. The average Bonchev–Trinajstić information content (AvgIpc) is 3.30. The predicted molar refractivity (Wildman–Crippen MR) is 122 cm³/mol. The number of hydrogen-bond donors (Lipinski definition) is 0. The van der Waals surface area contributed by atoms with Gasteiger partial charge in [-0.25, -0.2) is 0 Å². The van der Waals surface area contributed by atoms with E-state index in [0.717, 1.165) is 18.7 Å². The minimum Gasteiger partial charge on any atom is -1.00 e. The molecule has 0 saturated heterocycles. The van der Waals surface area contributed by atoms with E-state index in [1.165, 1.54) is 24.0 Å². The van der Waals surface area contributed by atoms with Gasteiger partial charge in [-0.3, -0.25) is 0 Å². The van der Waals surface area contributed by atoms with E-state index in [9.17, 15) is 0 Å². The van der Waals surface area contributed by atoms with Crippen LogP contribution in [0.3, 0.4) is 0 Å². The summed E-state index contributed by atoms with van der Waals surface area (Å²) in [5.74, 6) is 0. The van der Waals surface area contributed by atoms with E-state index >= 15 is 0 Å². The van der Waals surface area contributed by atoms with Crippen LogP contribution in [0.1, 0.15) is 70.1 Å². The number of rotatable bonds is 7. The zero-order valence-corrected chi connectivity index (χ0v) is 24.3. The smallest absolute Gasteiger partial charge is 1.00 e. The monoisotopic (exact) mass is 624 g/mol. The van der Waals surface area contributed by atoms with Gasteiger partial charge in [0.25, 0.3) is 0 Å². The molecule has 30 heavy (non-hydrogen) atoms. The third-order valence-corrected chi connectivity index (χ3v) is 17.5. The van der Waals surface area contributed by atoms with Crippen LogP contribution in [0.25, 0.3) is 12.2 Å². The van der Waals surface area contributed by atoms with Crippen LogP contribution in [0.5, 0.6) is 0 Å². The van der Waals surface area contributed by atoms with E-state index in [2.05, 4.69) is 94.5 Å². The van der Waals surface area contributed by atoms with Crippen molar-refractivity contribution >= 4 is 20.1 Å². The summed E-state index contributed by atoms with van der Waals surface area (Å²) in [5, 5.41) is 1.85. The Kier molecular flexibility index (Phi) is 10.1. The van der Waals surface area contributed by atoms with Crippen LogP contribution in [0.4, 0.5) is 0 Å². The van der Waals surface area contributed by atoms with Crippen LogP contribution >= 0.6 is 7.92 Å². The van der Waals surface area contributed by atoms with E-state index in [1.807, 2.05) is 5.31 Å². The summed E-state index contributed by atoms with van der Waals surface area (Å²) in [7, 11) is -0.0719. The van der Waals surface area contributed by atoms with Gasteiger partial charge in [-0.1, -0.05) is 0 Å². The number of hydrogen-bond acceptors (Lipinski definition) is 0. The van der Waals surface area contributed by atoms with Gasteiger partial charge in [-0.15, -0.1) is 0 Å². The third kappa shape index (κ3) is 5.06. The molecule has 0 heterocycles. The molecule has 0 spiro atoms. The average molecular weight is 624 g/mol. The Hall–Kier alpha value is -0.200. The van der Waals surface area contributed by atoms with Gasteiger partial charge >= 0.3 is 184 Å². The van der Waals surface area contributed by atoms with Crippen LogP contribution in [0, 0.1) is 0 Å². The molecule has 2 aliphatic rings. The molecule has 0 aliphatic heterocycles. The molecule has 2 aromatic rings. The van der Waals surface area contributed by atoms with E-state index < -0.39 is 22.9 Å². The zero-order valence-electron chi connectivity index (χ0n) is 18.3. The van der Waals surface area contributed by atoms with Gasteiger partial charge in [0, 0.05) is 0 Å². The molecule has 0 nitrogen and oxygen atoms in total. The molecule has 2 aromatic carbocycles. The second kappa shape index (κ2) is 11.6. The normalized spacial score (nSPS) is 21.3. The SMILES string of the molecule is CCC(C)P(C1=Cc2ccccc2[CH]1[Hf+2][CH]1C=Cc2ccccc21)C(C)CC.[Cl-].[Cl-]. The largest absolute Gasteiger partial charge is 1.00 e. The summed E-state index contributed by atoms with van der Waals surface area (Å²) >= 11 is -0.990. The molecular weight excluding hydrogens is 593 g/mol. The van der Waals surface area contributed by atoms with Crippen molar-refractivity contribution in [1.29, 1.82) is 0 Å². The summed E-state index contributed by atoms with van der Waals surface area (Å²) in [6.45, 7) is 9.80. The number of fused-ring (bicyclic) bond motifs is 2. The van der Waals surface area contributed by atoms with Crippen molar-refractivity contribution in [2.75, 3.05) is 0 Å². The number of benzene rings is 2. The van der Waals surface area contributed by atoms with Crippen LogP contribution < -0.4 is 24.8 Å². The van der Waals surface area contributed by atoms with Gasteiger partial charge in [-0.05, 0) is 0 Å². The predicted octanol–water partition coefficient (Wildman–Crippen LogP) is 2.02. The first kappa shape index (κ1) is 26.1. The number of halogens is 2. The Morgan fingerprint density at radius 3 is 2.03 bits per heavy atom. The Balaban J connectivity index is 0.00000160. The van der Waals surface area contributed by atoms with E-state index in [4.69, 9.17) is 0 Å². The summed E-state index contributed by atoms with van der Waals surface area (Å²) in [5.41, 5.74) is 7.88. The number of allylic oxidation sites excluding steroid dienone is 2. The van der Waals surface area contributed by atoms with Crippen LogP contribution in [-0.4, -0.2) is 11.3 Å². The zero-order chi connectivity index (χ0) is 19.7. The van der Waals surface area contributed by atoms with Crippen molar-refractivity contribution < 1.29 is 47.7 Å². The van der Waals surface area contributed by atoms with Crippen molar-refractivity contribution in [3.05, 3.63) is 82.2 Å². The maximum Gasteiger partial charge on any atom is -1.00 e. The first-order valence-electron chi connectivity index (χ1n) is 10.8. The molecule has 4 heteroatoms. The second-order valence-corrected chi connectivity index (χ2v) is 16.8. The van der Waals surface area contributed by atoms with Crippen LogP contribution in [-0.2, 0) is 22.9 Å². The molecule has 0 saturated carbocycles. The van der Waals surface area contributed by atoms with Gasteiger partial charge < -0.3 is 24.8 Å². The van der Waals surface area contributed by atoms with E-state index in [0.29, 0.717) is 0 Å². The standard InChI is InChI=1S/C17H24P.C9H7.2ClH.Hf/c1-5-13(3)18(14(4)6-2)17-11-15-9-7-8-10-16(15)12-17;1-2-5-9-7-3-6-8(9)4-1;;;/h7-14H,5-6H2,1-4H3;1-7H;2*1H;/q;;;;+2/p-2. The van der Waals surface area contributed by atoms with Gasteiger partial charge in [0.05, 0.1) is 0 Å². The fourth-order valence-corrected chi connectivity index (χ4v) is 16.4.